The van der Waals surface area contributed by atoms with E-state index in [1.807, 2.05) is 43.3 Å². The van der Waals surface area contributed by atoms with Gasteiger partial charge in [0, 0.05) is 0 Å². The maximum absolute atomic E-state index is 13.4. The Morgan fingerprint density at radius 3 is 2.27 bits per heavy atom. The van der Waals surface area contributed by atoms with Crippen LogP contribution in [-0.4, -0.2) is 21.4 Å². The molecule has 1 atom stereocenters. The van der Waals surface area contributed by atoms with E-state index in [4.69, 9.17) is 4.74 Å². The molecular weight excluding hydrogens is 436 g/mol. The molecule has 0 fully saturated rings. The van der Waals surface area contributed by atoms with E-state index in [0.29, 0.717) is 5.75 Å². The molecule has 1 aliphatic rings. The number of nitrogens with one attached hydrogen (secondary N) is 2. The summed E-state index contributed by atoms with van der Waals surface area (Å²) in [7, 11) is -2.51. The first-order chi connectivity index (χ1) is 15.9. The summed E-state index contributed by atoms with van der Waals surface area (Å²) in [5.41, 5.74) is 3.59. The van der Waals surface area contributed by atoms with Gasteiger partial charge in [-0.2, -0.15) is 0 Å². The summed E-state index contributed by atoms with van der Waals surface area (Å²) in [4.78, 5) is 13.1. The quantitative estimate of drug-likeness (QED) is 0.523. The van der Waals surface area contributed by atoms with Crippen LogP contribution in [0.1, 0.15) is 52.9 Å². The predicted molar refractivity (Wildman–Crippen MR) is 129 cm³/mol. The van der Waals surface area contributed by atoms with E-state index in [0.717, 1.165) is 42.4 Å². The van der Waals surface area contributed by atoms with E-state index >= 15 is 0 Å². The van der Waals surface area contributed by atoms with Gasteiger partial charge in [-0.05, 0) is 73.6 Å². The van der Waals surface area contributed by atoms with Crippen molar-refractivity contribution >= 4 is 21.6 Å². The lowest BCUT2D eigenvalue weighted by Gasteiger charge is -2.20. The Kier molecular flexibility index (Phi) is 6.70. The second-order valence-electron chi connectivity index (χ2n) is 8.24. The number of methoxy groups -OCH3 is 1. The number of hydrogen-bond acceptors (Lipinski definition) is 4. The number of anilines is 1. The lowest BCUT2D eigenvalue weighted by atomic mass is 9.92. The van der Waals surface area contributed by atoms with Crippen molar-refractivity contribution in [2.75, 3.05) is 11.8 Å². The maximum Gasteiger partial charge on any atom is 0.265 e. The minimum absolute atomic E-state index is 0.0820. The third-order valence-electron chi connectivity index (χ3n) is 5.98. The van der Waals surface area contributed by atoms with Crippen LogP contribution in [-0.2, 0) is 22.9 Å². The summed E-state index contributed by atoms with van der Waals surface area (Å²) < 4.78 is 34.8. The number of ether oxygens (including phenoxy) is 1. The molecule has 0 saturated heterocycles. The molecule has 0 bridgehead atoms. The molecule has 33 heavy (non-hydrogen) atoms. The number of fused-ring (bicyclic) bond motifs is 1. The van der Waals surface area contributed by atoms with E-state index in [2.05, 4.69) is 10.0 Å². The number of sulfonamides is 1. The average molecular weight is 465 g/mol. The number of para-hydroxylation sites is 1. The molecule has 0 aromatic heterocycles. The van der Waals surface area contributed by atoms with E-state index in [1.54, 1.807) is 30.3 Å². The number of amides is 1. The summed E-state index contributed by atoms with van der Waals surface area (Å²) in [6.45, 7) is 1.89. The molecule has 172 valence electrons. The van der Waals surface area contributed by atoms with Gasteiger partial charge in [-0.3, -0.25) is 9.52 Å². The second kappa shape index (κ2) is 9.67. The standard InChI is InChI=1S/C26H28N2O4S/c1-18(19-10-4-3-5-11-19)27-26(29)22-14-8-9-15-23(22)28-33(30,31)25-17-21-13-7-6-12-20(21)16-24(25)32-2/h3-5,8-11,14-18,28H,6-7,12-13H2,1-2H3,(H,27,29). The molecule has 3 aromatic rings. The molecule has 0 radical (unpaired) electrons. The molecule has 0 heterocycles. The van der Waals surface area contributed by atoms with Crippen LogP contribution >= 0.6 is 0 Å². The Bertz CT molecular complexity index is 1260. The van der Waals surface area contributed by atoms with Crippen LogP contribution in [0, 0.1) is 0 Å². The fourth-order valence-corrected chi connectivity index (χ4v) is 5.46. The van der Waals surface area contributed by atoms with Crippen LogP contribution in [0.5, 0.6) is 5.75 Å². The van der Waals surface area contributed by atoms with Gasteiger partial charge in [-0.25, -0.2) is 8.42 Å². The fraction of sp³-hybridized carbons (Fsp3) is 0.269. The van der Waals surface area contributed by atoms with Crippen LogP contribution < -0.4 is 14.8 Å². The highest BCUT2D eigenvalue weighted by molar-refractivity contribution is 7.92. The molecule has 0 aliphatic heterocycles. The Morgan fingerprint density at radius 2 is 1.58 bits per heavy atom. The number of benzene rings is 3. The lowest BCUT2D eigenvalue weighted by molar-refractivity contribution is 0.0941. The van der Waals surface area contributed by atoms with Gasteiger partial charge in [0.05, 0.1) is 24.4 Å². The maximum atomic E-state index is 13.4. The number of carbonyl (C=O) groups is 1. The van der Waals surface area contributed by atoms with Crippen molar-refractivity contribution in [2.45, 2.75) is 43.5 Å². The molecule has 6 nitrogen and oxygen atoms in total. The summed E-state index contributed by atoms with van der Waals surface area (Å²) in [5, 5.41) is 2.94. The molecule has 7 heteroatoms. The van der Waals surface area contributed by atoms with Crippen LogP contribution in [0.15, 0.2) is 71.6 Å². The van der Waals surface area contributed by atoms with Crippen molar-refractivity contribution in [1.82, 2.24) is 5.32 Å². The molecule has 1 aliphatic carbocycles. The van der Waals surface area contributed by atoms with Gasteiger partial charge < -0.3 is 10.1 Å². The number of hydrogen-bond donors (Lipinski definition) is 2. The summed E-state index contributed by atoms with van der Waals surface area (Å²) in [6.07, 6.45) is 3.89. The van der Waals surface area contributed by atoms with Gasteiger partial charge in [-0.15, -0.1) is 0 Å². The minimum atomic E-state index is -3.98. The molecule has 4 rings (SSSR count). The molecular formula is C26H28N2O4S. The molecule has 3 aromatic carbocycles. The first-order valence-corrected chi connectivity index (χ1v) is 12.5. The van der Waals surface area contributed by atoms with Gasteiger partial charge in [0.25, 0.3) is 15.9 Å². The summed E-state index contributed by atoms with van der Waals surface area (Å²) >= 11 is 0. The molecule has 1 unspecified atom stereocenters. The zero-order valence-corrected chi connectivity index (χ0v) is 19.6. The van der Waals surface area contributed by atoms with Crippen molar-refractivity contribution in [3.8, 4) is 5.75 Å². The van der Waals surface area contributed by atoms with Crippen molar-refractivity contribution in [3.05, 3.63) is 89.0 Å². The second-order valence-corrected chi connectivity index (χ2v) is 9.89. The van der Waals surface area contributed by atoms with Gasteiger partial charge in [0.15, 0.2) is 0 Å². The van der Waals surface area contributed by atoms with E-state index in [-0.39, 0.29) is 28.1 Å². The fourth-order valence-electron chi connectivity index (χ4n) is 4.18. The highest BCUT2D eigenvalue weighted by Gasteiger charge is 2.25. The van der Waals surface area contributed by atoms with E-state index in [1.165, 1.54) is 7.11 Å². The molecule has 0 spiro atoms. The Labute approximate surface area is 195 Å². The Morgan fingerprint density at radius 1 is 0.939 bits per heavy atom. The molecule has 2 N–H and O–H groups in total. The highest BCUT2D eigenvalue weighted by Crippen LogP contribution is 2.33. The minimum Gasteiger partial charge on any atom is -0.495 e. The summed E-state index contributed by atoms with van der Waals surface area (Å²) in [6, 6.07) is 19.5. The first-order valence-electron chi connectivity index (χ1n) is 11.1. The molecule has 0 saturated carbocycles. The number of rotatable bonds is 7. The topological polar surface area (TPSA) is 84.5 Å². The zero-order valence-electron chi connectivity index (χ0n) is 18.8. The van der Waals surface area contributed by atoms with E-state index < -0.39 is 10.0 Å². The Balaban J connectivity index is 1.62. The SMILES string of the molecule is COc1cc2c(cc1S(=O)(=O)Nc1ccccc1C(=O)NC(C)c1ccccc1)CCCC2. The van der Waals surface area contributed by atoms with Crippen LogP contribution in [0.3, 0.4) is 0 Å². The van der Waals surface area contributed by atoms with Crippen molar-refractivity contribution in [2.24, 2.45) is 0 Å². The summed E-state index contributed by atoms with van der Waals surface area (Å²) in [5.74, 6) is -0.0511. The van der Waals surface area contributed by atoms with Crippen molar-refractivity contribution < 1.29 is 17.9 Å². The smallest absolute Gasteiger partial charge is 0.265 e. The largest absolute Gasteiger partial charge is 0.495 e. The normalized spacial score (nSPS) is 14.1. The third kappa shape index (κ3) is 5.03. The van der Waals surface area contributed by atoms with E-state index in [9.17, 15) is 13.2 Å². The van der Waals surface area contributed by atoms with Gasteiger partial charge in [0.2, 0.25) is 0 Å². The predicted octanol–water partition coefficient (Wildman–Crippen LogP) is 4.87. The third-order valence-corrected chi connectivity index (χ3v) is 7.37. The van der Waals surface area contributed by atoms with Crippen LogP contribution in [0.25, 0.3) is 0 Å². The van der Waals surface area contributed by atoms with Crippen molar-refractivity contribution in [3.63, 3.8) is 0 Å². The number of carbonyl (C=O) groups excluding carboxylic acids is 1. The van der Waals surface area contributed by atoms with Gasteiger partial charge >= 0.3 is 0 Å². The highest BCUT2D eigenvalue weighted by atomic mass is 32.2. The monoisotopic (exact) mass is 464 g/mol. The van der Waals surface area contributed by atoms with Gasteiger partial charge in [-0.1, -0.05) is 42.5 Å². The van der Waals surface area contributed by atoms with Crippen molar-refractivity contribution in [1.29, 1.82) is 0 Å². The number of aryl methyl sites for hydroxylation is 2. The van der Waals surface area contributed by atoms with Gasteiger partial charge in [0.1, 0.15) is 10.6 Å². The van der Waals surface area contributed by atoms with Crippen LogP contribution in [0.4, 0.5) is 5.69 Å². The Hall–Kier alpha value is -3.32. The van der Waals surface area contributed by atoms with Crippen LogP contribution in [0.2, 0.25) is 0 Å². The molecule has 1 amide bonds. The zero-order chi connectivity index (χ0) is 23.4. The first kappa shape index (κ1) is 22.9. The average Bonchev–Trinajstić information content (AvgIpc) is 2.83. The lowest BCUT2D eigenvalue weighted by Crippen LogP contribution is -2.28.